The molecule has 0 amide bonds. The Balaban J connectivity index is 2.29. The molecule has 0 atom stereocenters. The molecule has 0 spiro atoms. The summed E-state index contributed by atoms with van der Waals surface area (Å²) in [5.41, 5.74) is -0.109. The van der Waals surface area contributed by atoms with Gasteiger partial charge < -0.3 is 9.84 Å². The molecule has 0 radical (unpaired) electrons. The Kier molecular flexibility index (Phi) is 3.94. The van der Waals surface area contributed by atoms with Gasteiger partial charge in [0, 0.05) is 17.1 Å². The van der Waals surface area contributed by atoms with Crippen molar-refractivity contribution in [2.45, 2.75) is 13.5 Å². The molecule has 7 nitrogen and oxygen atoms in total. The first-order valence-electron chi connectivity index (χ1n) is 5.53. The molecule has 0 aliphatic rings. The van der Waals surface area contributed by atoms with E-state index in [1.54, 1.807) is 0 Å². The average molecular weight is 294 g/mol. The summed E-state index contributed by atoms with van der Waals surface area (Å²) in [6.07, 6.45) is 0. The van der Waals surface area contributed by atoms with Crippen LogP contribution in [0, 0.1) is 17.0 Å². The SMILES string of the molecule is Cc1csc(COc2cccc([N+](=O)[O-])c2C(=O)O)n1. The third-order valence-corrected chi connectivity index (χ3v) is 3.37. The third kappa shape index (κ3) is 2.91. The van der Waals surface area contributed by atoms with E-state index < -0.39 is 22.1 Å². The number of nitrogens with zero attached hydrogens (tertiary/aromatic N) is 2. The van der Waals surface area contributed by atoms with Crippen LogP contribution in [-0.4, -0.2) is 21.0 Å². The number of aromatic carboxylic acids is 1. The fraction of sp³-hybridized carbons (Fsp3) is 0.167. The van der Waals surface area contributed by atoms with Gasteiger partial charge in [-0.05, 0) is 13.0 Å². The van der Waals surface area contributed by atoms with Gasteiger partial charge in [0.1, 0.15) is 17.4 Å². The van der Waals surface area contributed by atoms with Gasteiger partial charge in [0.15, 0.2) is 5.56 Å². The first-order chi connectivity index (χ1) is 9.49. The first kappa shape index (κ1) is 13.9. The summed E-state index contributed by atoms with van der Waals surface area (Å²) in [4.78, 5) is 25.4. The zero-order valence-electron chi connectivity index (χ0n) is 10.4. The minimum absolute atomic E-state index is 0.0421. The number of aryl methyl sites for hydroxylation is 1. The molecule has 0 aliphatic heterocycles. The summed E-state index contributed by atoms with van der Waals surface area (Å²) < 4.78 is 5.35. The highest BCUT2D eigenvalue weighted by molar-refractivity contribution is 7.09. The van der Waals surface area contributed by atoms with Gasteiger partial charge in [0.05, 0.1) is 4.92 Å². The van der Waals surface area contributed by atoms with Crippen molar-refractivity contribution in [3.8, 4) is 5.75 Å². The molecule has 0 bridgehead atoms. The van der Waals surface area contributed by atoms with Crippen LogP contribution in [0.3, 0.4) is 0 Å². The summed E-state index contributed by atoms with van der Waals surface area (Å²) in [5.74, 6) is -1.44. The molecule has 0 aliphatic carbocycles. The highest BCUT2D eigenvalue weighted by atomic mass is 32.1. The van der Waals surface area contributed by atoms with E-state index in [0.717, 1.165) is 11.8 Å². The highest BCUT2D eigenvalue weighted by Gasteiger charge is 2.24. The van der Waals surface area contributed by atoms with Crippen molar-refractivity contribution < 1.29 is 19.6 Å². The lowest BCUT2D eigenvalue weighted by Crippen LogP contribution is -2.07. The standard InChI is InChI=1S/C12H10N2O5S/c1-7-6-20-10(13-7)5-19-9-4-2-3-8(14(17)18)11(9)12(15)16/h2-4,6H,5H2,1H3,(H,15,16). The Hall–Kier alpha value is -2.48. The number of benzene rings is 1. The van der Waals surface area contributed by atoms with Crippen LogP contribution >= 0.6 is 11.3 Å². The first-order valence-corrected chi connectivity index (χ1v) is 6.41. The number of aromatic nitrogens is 1. The van der Waals surface area contributed by atoms with Gasteiger partial charge in [-0.15, -0.1) is 11.3 Å². The number of nitro benzene ring substituents is 1. The molecular formula is C12H10N2O5S. The molecule has 0 saturated carbocycles. The maximum Gasteiger partial charge on any atom is 0.346 e. The summed E-state index contributed by atoms with van der Waals surface area (Å²) >= 11 is 1.38. The van der Waals surface area contributed by atoms with E-state index in [4.69, 9.17) is 9.84 Å². The number of hydrogen-bond acceptors (Lipinski definition) is 6. The second-order valence-electron chi connectivity index (χ2n) is 3.88. The van der Waals surface area contributed by atoms with Crippen LogP contribution < -0.4 is 4.74 Å². The van der Waals surface area contributed by atoms with E-state index in [1.165, 1.54) is 23.5 Å². The molecule has 0 unspecified atom stereocenters. The van der Waals surface area contributed by atoms with Gasteiger partial charge in [0.2, 0.25) is 0 Å². The molecule has 8 heteroatoms. The van der Waals surface area contributed by atoms with Crippen molar-refractivity contribution in [1.29, 1.82) is 0 Å². The minimum atomic E-state index is -1.40. The molecule has 1 aromatic carbocycles. The van der Waals surface area contributed by atoms with Gasteiger partial charge in [-0.1, -0.05) is 6.07 Å². The number of ether oxygens (including phenoxy) is 1. The number of nitro groups is 1. The van der Waals surface area contributed by atoms with Crippen molar-refractivity contribution in [3.63, 3.8) is 0 Å². The van der Waals surface area contributed by atoms with E-state index >= 15 is 0 Å². The van der Waals surface area contributed by atoms with Gasteiger partial charge in [-0.2, -0.15) is 0 Å². The molecule has 0 fully saturated rings. The fourth-order valence-electron chi connectivity index (χ4n) is 1.62. The predicted octanol–water partition coefficient (Wildman–Crippen LogP) is 2.64. The second kappa shape index (κ2) is 5.66. The zero-order chi connectivity index (χ0) is 14.7. The maximum absolute atomic E-state index is 11.2. The van der Waals surface area contributed by atoms with Gasteiger partial charge in [-0.25, -0.2) is 9.78 Å². The Morgan fingerprint density at radius 1 is 1.55 bits per heavy atom. The summed E-state index contributed by atoms with van der Waals surface area (Å²) in [5, 5.41) is 22.4. The second-order valence-corrected chi connectivity index (χ2v) is 4.83. The molecule has 2 rings (SSSR count). The van der Waals surface area contributed by atoms with E-state index in [-0.39, 0.29) is 12.4 Å². The lowest BCUT2D eigenvalue weighted by atomic mass is 10.1. The number of rotatable bonds is 5. The van der Waals surface area contributed by atoms with Crippen molar-refractivity contribution >= 4 is 23.0 Å². The molecule has 20 heavy (non-hydrogen) atoms. The normalized spacial score (nSPS) is 10.2. The van der Waals surface area contributed by atoms with E-state index in [9.17, 15) is 14.9 Å². The summed E-state index contributed by atoms with van der Waals surface area (Å²) in [7, 11) is 0. The zero-order valence-corrected chi connectivity index (χ0v) is 11.2. The Morgan fingerprint density at radius 2 is 2.30 bits per heavy atom. The Labute approximate surface area is 117 Å². The van der Waals surface area contributed by atoms with Crippen LogP contribution in [0.2, 0.25) is 0 Å². The van der Waals surface area contributed by atoms with Gasteiger partial charge in [-0.3, -0.25) is 10.1 Å². The van der Waals surface area contributed by atoms with E-state index in [2.05, 4.69) is 4.98 Å². The largest absolute Gasteiger partial charge is 0.485 e. The van der Waals surface area contributed by atoms with Crippen molar-refractivity contribution in [1.82, 2.24) is 4.98 Å². The molecule has 1 heterocycles. The van der Waals surface area contributed by atoms with E-state index in [0.29, 0.717) is 5.01 Å². The number of carbonyl (C=O) groups is 1. The van der Waals surface area contributed by atoms with Crippen LogP contribution in [0.1, 0.15) is 21.1 Å². The third-order valence-electron chi connectivity index (χ3n) is 2.43. The van der Waals surface area contributed by atoms with Crippen LogP contribution in [0.4, 0.5) is 5.69 Å². The predicted molar refractivity (Wildman–Crippen MR) is 71.2 cm³/mol. The van der Waals surface area contributed by atoms with Gasteiger partial charge in [0.25, 0.3) is 5.69 Å². The molecule has 0 saturated heterocycles. The minimum Gasteiger partial charge on any atom is -0.485 e. The Morgan fingerprint density at radius 3 is 2.85 bits per heavy atom. The molecule has 104 valence electrons. The number of carboxylic acid groups (broad SMARTS) is 1. The average Bonchev–Trinajstić information content (AvgIpc) is 2.81. The van der Waals surface area contributed by atoms with Gasteiger partial charge >= 0.3 is 5.97 Å². The maximum atomic E-state index is 11.2. The quantitative estimate of drug-likeness (QED) is 0.671. The van der Waals surface area contributed by atoms with Crippen LogP contribution in [0.5, 0.6) is 5.75 Å². The topological polar surface area (TPSA) is 103 Å². The van der Waals surface area contributed by atoms with Crippen LogP contribution in [-0.2, 0) is 6.61 Å². The summed E-state index contributed by atoms with van der Waals surface area (Å²) in [6, 6.07) is 3.90. The summed E-state index contributed by atoms with van der Waals surface area (Å²) in [6.45, 7) is 1.90. The molecule has 2 aromatic rings. The van der Waals surface area contributed by atoms with Crippen molar-refractivity contribution in [3.05, 3.63) is 50.0 Å². The number of carboxylic acids is 1. The lowest BCUT2D eigenvalue weighted by molar-refractivity contribution is -0.385. The smallest absolute Gasteiger partial charge is 0.346 e. The lowest BCUT2D eigenvalue weighted by Gasteiger charge is -2.07. The molecular weight excluding hydrogens is 284 g/mol. The van der Waals surface area contributed by atoms with E-state index in [1.807, 2.05) is 12.3 Å². The van der Waals surface area contributed by atoms with Crippen LogP contribution in [0.25, 0.3) is 0 Å². The number of hydrogen-bond donors (Lipinski definition) is 1. The van der Waals surface area contributed by atoms with Crippen LogP contribution in [0.15, 0.2) is 23.6 Å². The fourth-order valence-corrected chi connectivity index (χ4v) is 2.30. The van der Waals surface area contributed by atoms with Crippen molar-refractivity contribution in [2.75, 3.05) is 0 Å². The highest BCUT2D eigenvalue weighted by Crippen LogP contribution is 2.29. The number of thiazole rings is 1. The monoisotopic (exact) mass is 294 g/mol. The molecule has 1 N–H and O–H groups in total. The Bertz CT molecular complexity index is 668. The molecule has 1 aromatic heterocycles. The van der Waals surface area contributed by atoms with Crippen molar-refractivity contribution in [2.24, 2.45) is 0 Å².